The highest BCUT2D eigenvalue weighted by Gasteiger charge is 2.22. The monoisotopic (exact) mass is 522 g/mol. The van der Waals surface area contributed by atoms with E-state index >= 15 is 0 Å². The molecule has 0 aromatic carbocycles. The number of thiazole rings is 1. The summed E-state index contributed by atoms with van der Waals surface area (Å²) in [6.45, 7) is 7.69. The maximum Gasteiger partial charge on any atom is 0.270 e. The maximum absolute atomic E-state index is 12.8. The number of nitrogens with one attached hydrogen (secondary N) is 2. The van der Waals surface area contributed by atoms with Crippen LogP contribution in [0.3, 0.4) is 0 Å². The first-order valence-corrected chi connectivity index (χ1v) is 12.1. The lowest BCUT2D eigenvalue weighted by Crippen LogP contribution is -2.27. The van der Waals surface area contributed by atoms with Crippen molar-refractivity contribution < 1.29 is 9.59 Å². The van der Waals surface area contributed by atoms with Crippen LogP contribution in [-0.4, -0.2) is 41.7 Å². The summed E-state index contributed by atoms with van der Waals surface area (Å²) in [4.78, 5) is 51.0. The van der Waals surface area contributed by atoms with E-state index in [1.807, 2.05) is 26.8 Å². The molecule has 0 aliphatic carbocycles. The second-order valence-electron chi connectivity index (χ2n) is 8.88. The number of pyridine rings is 1. The van der Waals surface area contributed by atoms with Crippen molar-refractivity contribution in [3.05, 3.63) is 75.6 Å². The van der Waals surface area contributed by atoms with Crippen molar-refractivity contribution >= 4 is 40.7 Å². The van der Waals surface area contributed by atoms with Crippen LogP contribution < -0.4 is 10.6 Å². The molecule has 4 heterocycles. The average molecular weight is 523 g/mol. The largest absolute Gasteiger partial charge is 0.342 e. The van der Waals surface area contributed by atoms with Crippen LogP contribution in [-0.2, 0) is 5.41 Å². The molecular formula is C24H23ClN8O2S. The third kappa shape index (κ3) is 5.86. The number of halogens is 1. The third-order valence-corrected chi connectivity index (χ3v) is 6.46. The summed E-state index contributed by atoms with van der Waals surface area (Å²) < 4.78 is 0. The van der Waals surface area contributed by atoms with E-state index in [2.05, 4.69) is 40.5 Å². The van der Waals surface area contributed by atoms with Crippen LogP contribution in [0.25, 0.3) is 11.3 Å². The van der Waals surface area contributed by atoms with Gasteiger partial charge in [-0.2, -0.15) is 0 Å². The molecule has 0 fully saturated rings. The topological polar surface area (TPSA) is 136 Å². The van der Waals surface area contributed by atoms with E-state index in [0.717, 1.165) is 16.9 Å². The molecule has 4 aromatic heterocycles. The van der Waals surface area contributed by atoms with Gasteiger partial charge in [0.2, 0.25) is 5.95 Å². The van der Waals surface area contributed by atoms with Crippen LogP contribution in [0.2, 0.25) is 5.02 Å². The Bertz CT molecular complexity index is 1400. The Morgan fingerprint density at radius 1 is 1.06 bits per heavy atom. The number of rotatable bonds is 6. The molecule has 12 heteroatoms. The Balaban J connectivity index is 1.43. The molecule has 0 aliphatic rings. The zero-order valence-corrected chi connectivity index (χ0v) is 21.6. The number of carbonyl (C=O) groups is 2. The summed E-state index contributed by atoms with van der Waals surface area (Å²) in [5.41, 5.74) is 1.89. The molecule has 0 aliphatic heterocycles. The summed E-state index contributed by atoms with van der Waals surface area (Å²) in [7, 11) is 0. The lowest BCUT2D eigenvalue weighted by atomic mass is 9.92. The fourth-order valence-corrected chi connectivity index (χ4v) is 4.39. The van der Waals surface area contributed by atoms with E-state index in [9.17, 15) is 9.59 Å². The van der Waals surface area contributed by atoms with E-state index in [1.54, 1.807) is 31.5 Å². The van der Waals surface area contributed by atoms with Crippen LogP contribution >= 0.6 is 22.9 Å². The van der Waals surface area contributed by atoms with Crippen molar-refractivity contribution in [1.82, 2.24) is 35.2 Å². The minimum atomic E-state index is -0.458. The van der Waals surface area contributed by atoms with E-state index in [-0.39, 0.29) is 23.0 Å². The summed E-state index contributed by atoms with van der Waals surface area (Å²) in [6, 6.07) is 4.77. The third-order valence-electron chi connectivity index (χ3n) is 5.00. The summed E-state index contributed by atoms with van der Waals surface area (Å²) >= 11 is 7.37. The zero-order valence-electron chi connectivity index (χ0n) is 20.0. The van der Waals surface area contributed by atoms with Gasteiger partial charge in [-0.15, -0.1) is 11.3 Å². The average Bonchev–Trinajstić information content (AvgIpc) is 3.36. The van der Waals surface area contributed by atoms with Crippen molar-refractivity contribution in [2.45, 2.75) is 39.2 Å². The molecule has 0 saturated heterocycles. The Hall–Kier alpha value is -3.83. The van der Waals surface area contributed by atoms with Gasteiger partial charge in [0.25, 0.3) is 11.8 Å². The van der Waals surface area contributed by atoms with Crippen molar-refractivity contribution in [2.75, 3.05) is 5.32 Å². The van der Waals surface area contributed by atoms with E-state index in [4.69, 9.17) is 11.6 Å². The SMILES string of the molecule is CC(NC(=O)c1cc(-c2cccnc2)ncn1)c1ncc(C(=O)Nc2ncc(Cl)c(C(C)(C)C)n2)s1. The molecule has 0 radical (unpaired) electrons. The number of anilines is 1. The molecular weight excluding hydrogens is 500 g/mol. The molecule has 36 heavy (non-hydrogen) atoms. The molecule has 4 aromatic rings. The number of carbonyl (C=O) groups excluding carboxylic acids is 2. The van der Waals surface area contributed by atoms with Gasteiger partial charge in [-0.1, -0.05) is 32.4 Å². The molecule has 2 N–H and O–H groups in total. The lowest BCUT2D eigenvalue weighted by Gasteiger charge is -2.19. The van der Waals surface area contributed by atoms with Gasteiger partial charge in [0, 0.05) is 23.4 Å². The smallest absolute Gasteiger partial charge is 0.270 e. The number of amides is 2. The van der Waals surface area contributed by atoms with E-state index < -0.39 is 11.9 Å². The summed E-state index contributed by atoms with van der Waals surface area (Å²) in [5.74, 6) is -0.643. The van der Waals surface area contributed by atoms with Gasteiger partial charge < -0.3 is 5.32 Å². The first-order valence-electron chi connectivity index (χ1n) is 10.9. The van der Waals surface area contributed by atoms with Gasteiger partial charge in [0.15, 0.2) is 0 Å². The number of aromatic nitrogens is 6. The Morgan fingerprint density at radius 2 is 1.86 bits per heavy atom. The number of nitrogens with zero attached hydrogens (tertiary/aromatic N) is 6. The van der Waals surface area contributed by atoms with Crippen LogP contribution in [0.15, 0.2) is 49.3 Å². The second-order valence-corrected chi connectivity index (χ2v) is 10.4. The highest BCUT2D eigenvalue weighted by molar-refractivity contribution is 7.13. The molecule has 0 saturated carbocycles. The molecule has 1 atom stereocenters. The fraction of sp³-hybridized carbons (Fsp3) is 0.250. The molecule has 0 bridgehead atoms. The minimum Gasteiger partial charge on any atom is -0.342 e. The Kier molecular flexibility index (Phi) is 7.32. The van der Waals surface area contributed by atoms with Crippen molar-refractivity contribution in [3.8, 4) is 11.3 Å². The van der Waals surface area contributed by atoms with Crippen LogP contribution in [0.4, 0.5) is 5.95 Å². The Labute approximate surface area is 216 Å². The first kappa shape index (κ1) is 25.3. The molecule has 184 valence electrons. The first-order chi connectivity index (χ1) is 17.1. The standard InChI is InChI=1S/C24H23ClN8O2S/c1-13(31-20(34)17-8-16(29-12-30-17)14-6-5-7-26-9-14)22-27-11-18(36-22)21(35)33-23-28-10-15(25)19(32-23)24(2,3)4/h5-13H,1-4H3,(H,31,34)(H,28,32,33,35). The van der Waals surface area contributed by atoms with Crippen molar-refractivity contribution in [2.24, 2.45) is 0 Å². The summed E-state index contributed by atoms with van der Waals surface area (Å²) in [6.07, 6.45) is 7.57. The van der Waals surface area contributed by atoms with Gasteiger partial charge in [0.1, 0.15) is 21.9 Å². The molecule has 1 unspecified atom stereocenters. The van der Waals surface area contributed by atoms with Crippen LogP contribution in [0.5, 0.6) is 0 Å². The predicted octanol–water partition coefficient (Wildman–Crippen LogP) is 4.48. The predicted molar refractivity (Wildman–Crippen MR) is 137 cm³/mol. The highest BCUT2D eigenvalue weighted by atomic mass is 35.5. The van der Waals surface area contributed by atoms with Crippen LogP contribution in [0, 0.1) is 0 Å². The fourth-order valence-electron chi connectivity index (χ4n) is 3.20. The van der Waals surface area contributed by atoms with Gasteiger partial charge in [-0.25, -0.2) is 24.9 Å². The highest BCUT2D eigenvalue weighted by Crippen LogP contribution is 2.28. The van der Waals surface area contributed by atoms with E-state index in [0.29, 0.717) is 26.3 Å². The van der Waals surface area contributed by atoms with Crippen LogP contribution in [0.1, 0.15) is 64.6 Å². The van der Waals surface area contributed by atoms with Gasteiger partial charge in [0.05, 0.1) is 34.8 Å². The van der Waals surface area contributed by atoms with Gasteiger partial charge >= 0.3 is 0 Å². The minimum absolute atomic E-state index is 0.152. The van der Waals surface area contributed by atoms with Gasteiger partial charge in [-0.3, -0.25) is 19.9 Å². The zero-order chi connectivity index (χ0) is 25.9. The molecule has 2 amide bonds. The summed E-state index contributed by atoms with van der Waals surface area (Å²) in [5, 5.41) is 6.52. The quantitative estimate of drug-likeness (QED) is 0.378. The van der Waals surface area contributed by atoms with Crippen molar-refractivity contribution in [1.29, 1.82) is 0 Å². The lowest BCUT2D eigenvalue weighted by molar-refractivity contribution is 0.0934. The molecule has 10 nitrogen and oxygen atoms in total. The maximum atomic E-state index is 12.8. The van der Waals surface area contributed by atoms with E-state index in [1.165, 1.54) is 18.7 Å². The number of hydrogen-bond acceptors (Lipinski definition) is 9. The normalized spacial score (nSPS) is 12.1. The van der Waals surface area contributed by atoms with Gasteiger partial charge in [-0.05, 0) is 25.1 Å². The second kappa shape index (κ2) is 10.4. The van der Waals surface area contributed by atoms with Crippen molar-refractivity contribution in [3.63, 3.8) is 0 Å². The molecule has 0 spiro atoms. The molecule has 4 rings (SSSR count). The number of hydrogen-bond donors (Lipinski definition) is 2. The Morgan fingerprint density at radius 3 is 2.58 bits per heavy atom.